The molecule has 0 spiro atoms. The second kappa shape index (κ2) is 8.22. The lowest BCUT2D eigenvalue weighted by Gasteiger charge is -2.14. The first-order valence-corrected chi connectivity index (χ1v) is 9.76. The predicted octanol–water partition coefficient (Wildman–Crippen LogP) is 4.14. The van der Waals surface area contributed by atoms with Crippen molar-refractivity contribution in [3.05, 3.63) is 35.9 Å². The second-order valence-corrected chi connectivity index (χ2v) is 7.63. The standard InChI is InChI=1S/C17H26N2O2S/c1-2-14-22(20,21)19-17-10-8-16(9-11-17)18-13-12-15-6-4-3-5-7-15/h6,8-11,18-19H,2-5,7,12-14H2,1H3. The fourth-order valence-corrected chi connectivity index (χ4v) is 3.79. The van der Waals surface area contributed by atoms with Crippen molar-refractivity contribution in [3.8, 4) is 0 Å². The Labute approximate surface area is 134 Å². The van der Waals surface area contributed by atoms with Crippen LogP contribution >= 0.6 is 0 Å². The van der Waals surface area contributed by atoms with Crippen molar-refractivity contribution in [1.82, 2.24) is 0 Å². The van der Waals surface area contributed by atoms with Crippen molar-refractivity contribution in [3.63, 3.8) is 0 Å². The van der Waals surface area contributed by atoms with Gasteiger partial charge in [-0.2, -0.15) is 0 Å². The molecule has 1 aliphatic rings. The first-order valence-electron chi connectivity index (χ1n) is 8.11. The van der Waals surface area contributed by atoms with E-state index in [4.69, 9.17) is 0 Å². The number of hydrogen-bond donors (Lipinski definition) is 2. The van der Waals surface area contributed by atoms with E-state index in [2.05, 4.69) is 16.1 Å². The van der Waals surface area contributed by atoms with Crippen molar-refractivity contribution in [1.29, 1.82) is 0 Å². The van der Waals surface area contributed by atoms with Crippen LogP contribution in [0.25, 0.3) is 0 Å². The zero-order chi connectivity index (χ0) is 15.8. The summed E-state index contributed by atoms with van der Waals surface area (Å²) in [6, 6.07) is 7.43. The number of sulfonamides is 1. The maximum atomic E-state index is 11.7. The zero-order valence-electron chi connectivity index (χ0n) is 13.3. The van der Waals surface area contributed by atoms with Gasteiger partial charge in [0.15, 0.2) is 0 Å². The summed E-state index contributed by atoms with van der Waals surface area (Å²) in [5, 5.41) is 3.39. The van der Waals surface area contributed by atoms with E-state index in [0.717, 1.165) is 18.7 Å². The monoisotopic (exact) mass is 322 g/mol. The molecular weight excluding hydrogens is 296 g/mol. The number of allylic oxidation sites excluding steroid dienone is 1. The van der Waals surface area contributed by atoms with Crippen molar-refractivity contribution in [2.45, 2.75) is 45.4 Å². The number of nitrogens with one attached hydrogen (secondary N) is 2. The summed E-state index contributed by atoms with van der Waals surface area (Å²) < 4.78 is 26.0. The fraction of sp³-hybridized carbons (Fsp3) is 0.529. The number of anilines is 2. The largest absolute Gasteiger partial charge is 0.385 e. The summed E-state index contributed by atoms with van der Waals surface area (Å²) in [7, 11) is -3.21. The van der Waals surface area contributed by atoms with Crippen LogP contribution in [0.2, 0.25) is 0 Å². The van der Waals surface area contributed by atoms with E-state index < -0.39 is 10.0 Å². The van der Waals surface area contributed by atoms with Gasteiger partial charge in [-0.1, -0.05) is 18.6 Å². The molecule has 0 radical (unpaired) electrons. The lowest BCUT2D eigenvalue weighted by atomic mass is 9.97. The van der Waals surface area contributed by atoms with Crippen molar-refractivity contribution in [2.75, 3.05) is 22.3 Å². The molecule has 1 aliphatic carbocycles. The molecule has 0 saturated carbocycles. The molecule has 1 aromatic carbocycles. The Morgan fingerprint density at radius 3 is 2.45 bits per heavy atom. The summed E-state index contributed by atoms with van der Waals surface area (Å²) in [5.41, 5.74) is 3.20. The summed E-state index contributed by atoms with van der Waals surface area (Å²) in [5.74, 6) is 0.155. The Balaban J connectivity index is 1.80. The first-order chi connectivity index (χ1) is 10.6. The third-order valence-corrected chi connectivity index (χ3v) is 5.28. The third-order valence-electron chi connectivity index (χ3n) is 3.79. The van der Waals surface area contributed by atoms with Gasteiger partial charge in [0.05, 0.1) is 5.75 Å². The first kappa shape index (κ1) is 16.9. The Hall–Kier alpha value is -1.49. The lowest BCUT2D eigenvalue weighted by molar-refractivity contribution is 0.600. The SMILES string of the molecule is CCCS(=O)(=O)Nc1ccc(NCCC2=CCCCC2)cc1. The number of hydrogen-bond acceptors (Lipinski definition) is 3. The van der Waals surface area contributed by atoms with Crippen molar-refractivity contribution < 1.29 is 8.42 Å². The summed E-state index contributed by atoms with van der Waals surface area (Å²) in [6.07, 6.45) is 9.18. The topological polar surface area (TPSA) is 58.2 Å². The van der Waals surface area contributed by atoms with Gasteiger partial charge >= 0.3 is 0 Å². The van der Waals surface area contributed by atoms with Crippen LogP contribution in [-0.4, -0.2) is 20.7 Å². The van der Waals surface area contributed by atoms with Crippen LogP contribution in [0.4, 0.5) is 11.4 Å². The molecular formula is C17H26N2O2S. The maximum Gasteiger partial charge on any atom is 0.232 e. The molecule has 22 heavy (non-hydrogen) atoms. The molecule has 0 saturated heterocycles. The van der Waals surface area contributed by atoms with E-state index >= 15 is 0 Å². The van der Waals surface area contributed by atoms with E-state index in [0.29, 0.717) is 12.1 Å². The van der Waals surface area contributed by atoms with Gasteiger partial charge in [0.25, 0.3) is 0 Å². The highest BCUT2D eigenvalue weighted by molar-refractivity contribution is 7.92. The predicted molar refractivity (Wildman–Crippen MR) is 93.8 cm³/mol. The van der Waals surface area contributed by atoms with Crippen LogP contribution < -0.4 is 10.0 Å². The van der Waals surface area contributed by atoms with Gasteiger partial charge in [0.2, 0.25) is 10.0 Å². The zero-order valence-corrected chi connectivity index (χ0v) is 14.1. The van der Waals surface area contributed by atoms with Crippen molar-refractivity contribution >= 4 is 21.4 Å². The molecule has 0 atom stereocenters. The molecule has 0 aromatic heterocycles. The van der Waals surface area contributed by atoms with Gasteiger partial charge < -0.3 is 5.32 Å². The van der Waals surface area contributed by atoms with E-state index in [-0.39, 0.29) is 5.75 Å². The van der Waals surface area contributed by atoms with E-state index in [1.165, 1.54) is 25.7 Å². The third kappa shape index (κ3) is 5.72. The molecule has 0 heterocycles. The molecule has 0 unspecified atom stereocenters. The maximum absolute atomic E-state index is 11.7. The molecule has 0 bridgehead atoms. The van der Waals surface area contributed by atoms with Crippen molar-refractivity contribution in [2.24, 2.45) is 0 Å². The minimum absolute atomic E-state index is 0.155. The Kier molecular flexibility index (Phi) is 6.31. The van der Waals surface area contributed by atoms with Crippen LogP contribution in [0, 0.1) is 0 Å². The summed E-state index contributed by atoms with van der Waals surface area (Å²) in [4.78, 5) is 0. The van der Waals surface area contributed by atoms with Crippen LogP contribution in [0.15, 0.2) is 35.9 Å². The van der Waals surface area contributed by atoms with Gasteiger partial charge in [-0.3, -0.25) is 4.72 Å². The van der Waals surface area contributed by atoms with Gasteiger partial charge in [-0.05, 0) is 62.8 Å². The van der Waals surface area contributed by atoms with E-state index in [9.17, 15) is 8.42 Å². The summed E-state index contributed by atoms with van der Waals surface area (Å²) in [6.45, 7) is 2.78. The van der Waals surface area contributed by atoms with Crippen LogP contribution in [0.5, 0.6) is 0 Å². The Morgan fingerprint density at radius 1 is 1.09 bits per heavy atom. The normalized spacial score (nSPS) is 15.2. The van der Waals surface area contributed by atoms with Gasteiger partial charge in [0.1, 0.15) is 0 Å². The van der Waals surface area contributed by atoms with Crippen LogP contribution in [0.1, 0.15) is 45.4 Å². The smallest absolute Gasteiger partial charge is 0.232 e. The average molecular weight is 322 g/mol. The highest BCUT2D eigenvalue weighted by atomic mass is 32.2. The highest BCUT2D eigenvalue weighted by Gasteiger charge is 2.08. The highest BCUT2D eigenvalue weighted by Crippen LogP contribution is 2.20. The van der Waals surface area contributed by atoms with Crippen LogP contribution in [-0.2, 0) is 10.0 Å². The molecule has 0 fully saturated rings. The van der Waals surface area contributed by atoms with Gasteiger partial charge in [-0.25, -0.2) is 8.42 Å². The Morgan fingerprint density at radius 2 is 1.82 bits per heavy atom. The summed E-state index contributed by atoms with van der Waals surface area (Å²) >= 11 is 0. The average Bonchev–Trinajstić information content (AvgIpc) is 2.50. The Bertz CT molecular complexity index is 592. The molecule has 1 aromatic rings. The minimum atomic E-state index is -3.21. The molecule has 4 nitrogen and oxygen atoms in total. The number of rotatable bonds is 8. The van der Waals surface area contributed by atoms with E-state index in [1.807, 2.05) is 19.1 Å². The molecule has 122 valence electrons. The molecule has 2 rings (SSSR count). The second-order valence-electron chi connectivity index (χ2n) is 5.78. The molecule has 0 amide bonds. The van der Waals surface area contributed by atoms with Gasteiger partial charge in [0, 0.05) is 17.9 Å². The van der Waals surface area contributed by atoms with Gasteiger partial charge in [-0.15, -0.1) is 0 Å². The minimum Gasteiger partial charge on any atom is -0.385 e. The molecule has 5 heteroatoms. The molecule has 0 aliphatic heterocycles. The van der Waals surface area contributed by atoms with Crippen LogP contribution in [0.3, 0.4) is 0 Å². The lowest BCUT2D eigenvalue weighted by Crippen LogP contribution is -2.16. The van der Waals surface area contributed by atoms with E-state index in [1.54, 1.807) is 17.7 Å². The quantitative estimate of drug-likeness (QED) is 0.707. The fourth-order valence-electron chi connectivity index (χ4n) is 2.65. The molecule has 2 N–H and O–H groups in total. The number of benzene rings is 1.